The molecule has 0 aliphatic carbocycles. The minimum absolute atomic E-state index is 0.104. The van der Waals surface area contributed by atoms with Gasteiger partial charge < -0.3 is 15.2 Å². The topological polar surface area (TPSA) is 47.1 Å². The maximum absolute atomic E-state index is 6.41. The van der Waals surface area contributed by atoms with Crippen LogP contribution in [0.2, 0.25) is 0 Å². The lowest BCUT2D eigenvalue weighted by Crippen LogP contribution is -2.43. The number of hydrogen-bond donors (Lipinski definition) is 1. The average Bonchev–Trinajstić information content (AvgIpc) is 2.79. The van der Waals surface area contributed by atoms with Crippen LogP contribution in [-0.2, 0) is 7.05 Å². The predicted octanol–water partition coefficient (Wildman–Crippen LogP) is 1.29. The maximum Gasteiger partial charge on any atom is 0.125 e. The molecule has 1 aromatic rings. The molecule has 3 unspecified atom stereocenters. The van der Waals surface area contributed by atoms with E-state index in [0.717, 1.165) is 17.9 Å². The minimum Gasteiger partial charge on any atom is -0.337 e. The molecule has 2 saturated heterocycles. The van der Waals surface area contributed by atoms with E-state index in [2.05, 4.69) is 21.5 Å². The van der Waals surface area contributed by atoms with E-state index in [9.17, 15) is 0 Å². The highest BCUT2D eigenvalue weighted by Crippen LogP contribution is 2.41. The van der Waals surface area contributed by atoms with E-state index in [4.69, 9.17) is 5.73 Å². The van der Waals surface area contributed by atoms with Gasteiger partial charge in [0.25, 0.3) is 0 Å². The first-order chi connectivity index (χ1) is 8.16. The Kier molecular flexibility index (Phi) is 2.71. The molecule has 0 spiro atoms. The Morgan fingerprint density at radius 3 is 2.47 bits per heavy atom. The Morgan fingerprint density at radius 2 is 1.94 bits per heavy atom. The second-order valence-corrected chi connectivity index (χ2v) is 5.70. The molecule has 2 fully saturated rings. The zero-order valence-corrected chi connectivity index (χ0v) is 10.7. The van der Waals surface area contributed by atoms with Gasteiger partial charge in [-0.3, -0.25) is 0 Å². The second kappa shape index (κ2) is 4.10. The van der Waals surface area contributed by atoms with Gasteiger partial charge in [-0.15, -0.1) is 0 Å². The third-order valence-electron chi connectivity index (χ3n) is 4.80. The van der Waals surface area contributed by atoms with Crippen molar-refractivity contribution in [2.45, 2.75) is 43.8 Å². The number of piperidine rings is 1. The van der Waals surface area contributed by atoms with Crippen LogP contribution in [0.4, 0.5) is 0 Å². The van der Waals surface area contributed by atoms with Crippen molar-refractivity contribution >= 4 is 0 Å². The predicted molar refractivity (Wildman–Crippen MR) is 67.4 cm³/mol. The van der Waals surface area contributed by atoms with Gasteiger partial charge in [0.15, 0.2) is 0 Å². The van der Waals surface area contributed by atoms with Gasteiger partial charge in [-0.2, -0.15) is 0 Å². The lowest BCUT2D eigenvalue weighted by molar-refractivity contribution is 0.118. The van der Waals surface area contributed by atoms with Gasteiger partial charge >= 0.3 is 0 Å². The summed E-state index contributed by atoms with van der Waals surface area (Å²) in [7, 11) is 4.30. The van der Waals surface area contributed by atoms with Crippen molar-refractivity contribution in [1.82, 2.24) is 14.5 Å². The molecule has 3 rings (SSSR count). The molecule has 0 saturated carbocycles. The lowest BCUT2D eigenvalue weighted by Gasteiger charge is -2.38. The molecule has 0 radical (unpaired) electrons. The molecule has 3 heterocycles. The molecule has 0 amide bonds. The summed E-state index contributed by atoms with van der Waals surface area (Å²) in [5, 5.41) is 0. The van der Waals surface area contributed by atoms with Gasteiger partial charge in [-0.1, -0.05) is 0 Å². The van der Waals surface area contributed by atoms with Gasteiger partial charge in [-0.25, -0.2) is 4.98 Å². The van der Waals surface area contributed by atoms with Gasteiger partial charge in [-0.05, 0) is 38.6 Å². The minimum atomic E-state index is 0.104. The SMILES string of the molecule is CN1C2CCC1CC(C(N)c1nccn1C)C2. The Hall–Kier alpha value is -0.870. The van der Waals surface area contributed by atoms with Gasteiger partial charge in [0.1, 0.15) is 5.82 Å². The zero-order valence-electron chi connectivity index (χ0n) is 10.7. The molecule has 3 atom stereocenters. The molecular formula is C13H22N4. The van der Waals surface area contributed by atoms with Crippen molar-refractivity contribution < 1.29 is 0 Å². The van der Waals surface area contributed by atoms with Crippen molar-refractivity contribution in [2.75, 3.05) is 7.05 Å². The highest BCUT2D eigenvalue weighted by Gasteiger charge is 2.41. The molecule has 4 nitrogen and oxygen atoms in total. The van der Waals surface area contributed by atoms with E-state index < -0.39 is 0 Å². The van der Waals surface area contributed by atoms with Gasteiger partial charge in [0.2, 0.25) is 0 Å². The average molecular weight is 234 g/mol. The van der Waals surface area contributed by atoms with Gasteiger partial charge in [0, 0.05) is 31.5 Å². The number of hydrogen-bond acceptors (Lipinski definition) is 3. The van der Waals surface area contributed by atoms with E-state index in [-0.39, 0.29) is 6.04 Å². The standard InChI is InChI=1S/C13H22N4/c1-16-6-5-15-13(16)12(14)9-7-10-3-4-11(8-9)17(10)2/h5-6,9-12H,3-4,7-8,14H2,1-2H3. The van der Waals surface area contributed by atoms with E-state index in [1.807, 2.05) is 19.4 Å². The largest absolute Gasteiger partial charge is 0.337 e. The summed E-state index contributed by atoms with van der Waals surface area (Å²) in [5.74, 6) is 1.64. The van der Waals surface area contributed by atoms with E-state index in [1.54, 1.807) is 0 Å². The van der Waals surface area contributed by atoms with E-state index in [1.165, 1.54) is 25.7 Å². The van der Waals surface area contributed by atoms with Crippen LogP contribution in [0.3, 0.4) is 0 Å². The Labute approximate surface area is 103 Å². The maximum atomic E-state index is 6.41. The van der Waals surface area contributed by atoms with E-state index >= 15 is 0 Å². The monoisotopic (exact) mass is 234 g/mol. The first-order valence-corrected chi connectivity index (χ1v) is 6.61. The molecule has 2 N–H and O–H groups in total. The summed E-state index contributed by atoms with van der Waals surface area (Å²) in [6, 6.07) is 1.61. The number of aromatic nitrogens is 2. The number of nitrogens with two attached hydrogens (primary N) is 1. The third-order valence-corrected chi connectivity index (χ3v) is 4.80. The fourth-order valence-corrected chi connectivity index (χ4v) is 3.66. The van der Waals surface area contributed by atoms with Gasteiger partial charge in [0.05, 0.1) is 6.04 Å². The Bertz CT molecular complexity index is 386. The highest BCUT2D eigenvalue weighted by molar-refractivity contribution is 5.04. The molecule has 2 aliphatic rings. The van der Waals surface area contributed by atoms with Crippen molar-refractivity contribution in [1.29, 1.82) is 0 Å². The fourth-order valence-electron chi connectivity index (χ4n) is 3.66. The quantitative estimate of drug-likeness (QED) is 0.839. The van der Waals surface area contributed by atoms with Crippen molar-refractivity contribution in [3.05, 3.63) is 18.2 Å². The van der Waals surface area contributed by atoms with Crippen LogP contribution in [0, 0.1) is 5.92 Å². The number of imidazole rings is 1. The van der Waals surface area contributed by atoms with Crippen LogP contribution in [0.5, 0.6) is 0 Å². The number of nitrogens with zero attached hydrogens (tertiary/aromatic N) is 3. The van der Waals surface area contributed by atoms with Crippen LogP contribution >= 0.6 is 0 Å². The molecule has 2 aliphatic heterocycles. The fraction of sp³-hybridized carbons (Fsp3) is 0.769. The van der Waals surface area contributed by atoms with Crippen LogP contribution in [0.25, 0.3) is 0 Å². The zero-order chi connectivity index (χ0) is 12.0. The molecule has 1 aromatic heterocycles. The summed E-state index contributed by atoms with van der Waals surface area (Å²) in [4.78, 5) is 6.96. The second-order valence-electron chi connectivity index (χ2n) is 5.70. The Balaban J connectivity index is 1.76. The summed E-state index contributed by atoms with van der Waals surface area (Å²) >= 11 is 0. The van der Waals surface area contributed by atoms with Crippen LogP contribution in [0.1, 0.15) is 37.5 Å². The molecule has 17 heavy (non-hydrogen) atoms. The summed E-state index contributed by atoms with van der Waals surface area (Å²) in [5.41, 5.74) is 6.41. The molecule has 0 aromatic carbocycles. The first kappa shape index (κ1) is 11.2. The molecule has 4 heteroatoms. The summed E-state index contributed by atoms with van der Waals surface area (Å²) in [6.07, 6.45) is 9.01. The first-order valence-electron chi connectivity index (χ1n) is 6.61. The van der Waals surface area contributed by atoms with Crippen LogP contribution in [-0.4, -0.2) is 33.6 Å². The molecule has 94 valence electrons. The van der Waals surface area contributed by atoms with Crippen molar-refractivity contribution in [2.24, 2.45) is 18.7 Å². The Morgan fingerprint density at radius 1 is 1.29 bits per heavy atom. The molecular weight excluding hydrogens is 212 g/mol. The summed E-state index contributed by atoms with van der Waals surface area (Å²) < 4.78 is 2.06. The number of fused-ring (bicyclic) bond motifs is 2. The number of aryl methyl sites for hydroxylation is 1. The van der Waals surface area contributed by atoms with Crippen molar-refractivity contribution in [3.63, 3.8) is 0 Å². The van der Waals surface area contributed by atoms with Crippen LogP contribution in [0.15, 0.2) is 12.4 Å². The van der Waals surface area contributed by atoms with Crippen LogP contribution < -0.4 is 5.73 Å². The third kappa shape index (κ3) is 1.79. The highest BCUT2D eigenvalue weighted by atomic mass is 15.2. The van der Waals surface area contributed by atoms with E-state index in [0.29, 0.717) is 5.92 Å². The van der Waals surface area contributed by atoms with Crippen molar-refractivity contribution in [3.8, 4) is 0 Å². The smallest absolute Gasteiger partial charge is 0.125 e. The summed E-state index contributed by atoms with van der Waals surface area (Å²) in [6.45, 7) is 0. The molecule has 2 bridgehead atoms. The lowest BCUT2D eigenvalue weighted by atomic mass is 9.85. The normalized spacial score (nSPS) is 35.1. The number of rotatable bonds is 2.